The van der Waals surface area contributed by atoms with E-state index in [1.165, 1.54) is 7.11 Å². The van der Waals surface area contributed by atoms with Crippen LogP contribution in [0.2, 0.25) is 0 Å². The number of aliphatic carboxylic acids is 1. The average molecular weight is 347 g/mol. The second-order valence-electron chi connectivity index (χ2n) is 3.85. The zero-order valence-corrected chi connectivity index (χ0v) is 12.3. The van der Waals surface area contributed by atoms with Gasteiger partial charge in [-0.3, -0.25) is 0 Å². The number of hydrogen-bond acceptors (Lipinski definition) is 4. The van der Waals surface area contributed by atoms with Gasteiger partial charge in [0.15, 0.2) is 0 Å². The number of methoxy groups -OCH3 is 1. The van der Waals surface area contributed by atoms with Crippen molar-refractivity contribution in [3.05, 3.63) is 22.7 Å². The lowest BCUT2D eigenvalue weighted by Crippen LogP contribution is -2.43. The number of halogens is 1. The number of carboxylic acids is 1. The number of nitrogens with one attached hydrogen (secondary N) is 2. The molecule has 0 aliphatic heterocycles. The van der Waals surface area contributed by atoms with Gasteiger partial charge in [0.05, 0.1) is 11.6 Å². The van der Waals surface area contributed by atoms with Crippen LogP contribution >= 0.6 is 15.9 Å². The molecular formula is C12H15BrN2O5. The molecule has 0 saturated heterocycles. The van der Waals surface area contributed by atoms with Crippen molar-refractivity contribution in [3.63, 3.8) is 0 Å². The minimum absolute atomic E-state index is 0.0631. The Morgan fingerprint density at radius 3 is 2.70 bits per heavy atom. The summed E-state index contributed by atoms with van der Waals surface area (Å²) in [6.07, 6.45) is -0.0631. The number of hydrogen-bond donors (Lipinski definition) is 4. The Hall–Kier alpha value is -1.80. The molecule has 0 aliphatic rings. The molecule has 0 fully saturated rings. The number of amides is 2. The standard InChI is InChI=1S/C12H15BrN2O5/c1-20-10-6-7(2-3-8(10)13)14-12(19)15-9(4-5-16)11(17)18/h2-3,6,9,16H,4-5H2,1H3,(H,17,18)(H2,14,15,19)/t9-/m0/s1. The maximum absolute atomic E-state index is 11.7. The Labute approximate surface area is 124 Å². The van der Waals surface area contributed by atoms with Crippen molar-refractivity contribution in [2.24, 2.45) is 0 Å². The molecule has 1 atom stereocenters. The number of carbonyl (C=O) groups is 2. The molecule has 0 saturated carbocycles. The molecule has 1 aromatic rings. The van der Waals surface area contributed by atoms with Crippen LogP contribution in [0.4, 0.5) is 10.5 Å². The molecule has 110 valence electrons. The van der Waals surface area contributed by atoms with E-state index < -0.39 is 18.0 Å². The van der Waals surface area contributed by atoms with Gasteiger partial charge in [0, 0.05) is 24.8 Å². The number of benzene rings is 1. The van der Waals surface area contributed by atoms with E-state index in [0.29, 0.717) is 11.4 Å². The summed E-state index contributed by atoms with van der Waals surface area (Å²) < 4.78 is 5.81. The average Bonchev–Trinajstić information content (AvgIpc) is 2.40. The third-order valence-electron chi connectivity index (χ3n) is 2.43. The molecule has 0 unspecified atom stereocenters. The lowest BCUT2D eigenvalue weighted by molar-refractivity contribution is -0.139. The van der Waals surface area contributed by atoms with Crippen molar-refractivity contribution < 1.29 is 24.5 Å². The number of aliphatic hydroxyl groups is 1. The van der Waals surface area contributed by atoms with Gasteiger partial charge in [-0.25, -0.2) is 9.59 Å². The molecule has 0 radical (unpaired) electrons. The van der Waals surface area contributed by atoms with Crippen LogP contribution in [0, 0.1) is 0 Å². The largest absolute Gasteiger partial charge is 0.495 e. The van der Waals surface area contributed by atoms with Crippen molar-refractivity contribution in [2.45, 2.75) is 12.5 Å². The summed E-state index contributed by atoms with van der Waals surface area (Å²) >= 11 is 3.28. The third-order valence-corrected chi connectivity index (χ3v) is 3.09. The number of rotatable bonds is 6. The Morgan fingerprint density at radius 2 is 2.15 bits per heavy atom. The molecule has 0 aliphatic carbocycles. The maximum Gasteiger partial charge on any atom is 0.326 e. The van der Waals surface area contributed by atoms with Gasteiger partial charge in [0.1, 0.15) is 11.8 Å². The molecule has 20 heavy (non-hydrogen) atoms. The van der Waals surface area contributed by atoms with Crippen molar-refractivity contribution >= 4 is 33.6 Å². The van der Waals surface area contributed by atoms with Crippen molar-refractivity contribution in [2.75, 3.05) is 19.0 Å². The van der Waals surface area contributed by atoms with Crippen LogP contribution in [0.5, 0.6) is 5.75 Å². The molecule has 0 spiro atoms. The predicted molar refractivity (Wildman–Crippen MR) is 76.0 cm³/mol. The van der Waals surface area contributed by atoms with Gasteiger partial charge in [0.25, 0.3) is 0 Å². The van der Waals surface area contributed by atoms with Crippen LogP contribution in [0.25, 0.3) is 0 Å². The lowest BCUT2D eigenvalue weighted by Gasteiger charge is -2.14. The second kappa shape index (κ2) is 7.71. The fourth-order valence-corrected chi connectivity index (χ4v) is 1.86. The smallest absolute Gasteiger partial charge is 0.326 e. The van der Waals surface area contributed by atoms with E-state index in [0.717, 1.165) is 4.47 Å². The molecule has 2 amide bonds. The summed E-state index contributed by atoms with van der Waals surface area (Å²) in [5, 5.41) is 22.3. The van der Waals surface area contributed by atoms with Gasteiger partial charge in [-0.05, 0) is 28.1 Å². The Kier molecular flexibility index (Phi) is 6.26. The van der Waals surface area contributed by atoms with E-state index in [-0.39, 0.29) is 13.0 Å². The summed E-state index contributed by atoms with van der Waals surface area (Å²) in [6.45, 7) is -0.330. The normalized spacial score (nSPS) is 11.6. The molecule has 0 bridgehead atoms. The molecule has 7 nitrogen and oxygen atoms in total. The van der Waals surface area contributed by atoms with Gasteiger partial charge in [-0.2, -0.15) is 0 Å². The SMILES string of the molecule is COc1cc(NC(=O)N[C@@H](CCO)C(=O)O)ccc1Br. The van der Waals surface area contributed by atoms with Crippen molar-refractivity contribution in [1.29, 1.82) is 0 Å². The fourth-order valence-electron chi connectivity index (χ4n) is 1.45. The highest BCUT2D eigenvalue weighted by Crippen LogP contribution is 2.27. The zero-order valence-electron chi connectivity index (χ0n) is 10.7. The van der Waals surface area contributed by atoms with Crippen LogP contribution in [0.1, 0.15) is 6.42 Å². The highest BCUT2D eigenvalue weighted by atomic mass is 79.9. The molecule has 8 heteroatoms. The van der Waals surface area contributed by atoms with Gasteiger partial charge < -0.3 is 25.6 Å². The van der Waals surface area contributed by atoms with E-state index in [2.05, 4.69) is 26.6 Å². The van der Waals surface area contributed by atoms with Crippen LogP contribution in [-0.2, 0) is 4.79 Å². The molecule has 0 aromatic heterocycles. The van der Waals surface area contributed by atoms with E-state index in [1.54, 1.807) is 18.2 Å². The number of anilines is 1. The Balaban J connectivity index is 2.68. The molecular weight excluding hydrogens is 332 g/mol. The van der Waals surface area contributed by atoms with Crippen molar-refractivity contribution in [3.8, 4) is 5.75 Å². The van der Waals surface area contributed by atoms with Crippen LogP contribution < -0.4 is 15.4 Å². The van der Waals surface area contributed by atoms with E-state index in [4.69, 9.17) is 14.9 Å². The van der Waals surface area contributed by atoms with Gasteiger partial charge in [-0.1, -0.05) is 0 Å². The third kappa shape index (κ3) is 4.71. The molecule has 1 rings (SSSR count). The first kappa shape index (κ1) is 16.3. The fraction of sp³-hybridized carbons (Fsp3) is 0.333. The highest BCUT2D eigenvalue weighted by Gasteiger charge is 2.19. The van der Waals surface area contributed by atoms with Crippen LogP contribution in [0.15, 0.2) is 22.7 Å². The van der Waals surface area contributed by atoms with E-state index >= 15 is 0 Å². The molecule has 4 N–H and O–H groups in total. The number of carbonyl (C=O) groups excluding carboxylic acids is 1. The lowest BCUT2D eigenvalue weighted by atomic mass is 10.2. The molecule has 0 heterocycles. The molecule has 1 aromatic carbocycles. The quantitative estimate of drug-likeness (QED) is 0.622. The number of urea groups is 1. The van der Waals surface area contributed by atoms with E-state index in [9.17, 15) is 9.59 Å². The second-order valence-corrected chi connectivity index (χ2v) is 4.71. The summed E-state index contributed by atoms with van der Waals surface area (Å²) in [5.41, 5.74) is 0.454. The summed E-state index contributed by atoms with van der Waals surface area (Å²) in [7, 11) is 1.49. The van der Waals surface area contributed by atoms with E-state index in [1.807, 2.05) is 0 Å². The number of ether oxygens (including phenoxy) is 1. The Bertz CT molecular complexity index is 495. The maximum atomic E-state index is 11.7. The Morgan fingerprint density at radius 1 is 1.45 bits per heavy atom. The topological polar surface area (TPSA) is 108 Å². The summed E-state index contributed by atoms with van der Waals surface area (Å²) in [5.74, 6) is -0.671. The van der Waals surface area contributed by atoms with Crippen molar-refractivity contribution in [1.82, 2.24) is 5.32 Å². The summed E-state index contributed by atoms with van der Waals surface area (Å²) in [4.78, 5) is 22.5. The zero-order chi connectivity index (χ0) is 15.1. The summed E-state index contributed by atoms with van der Waals surface area (Å²) in [6, 6.07) is 3.10. The van der Waals surface area contributed by atoms with Gasteiger partial charge >= 0.3 is 12.0 Å². The first-order valence-corrected chi connectivity index (χ1v) is 6.52. The highest BCUT2D eigenvalue weighted by molar-refractivity contribution is 9.10. The number of carboxylic acid groups (broad SMARTS) is 1. The van der Waals surface area contributed by atoms with Crippen LogP contribution in [-0.4, -0.2) is 42.0 Å². The van der Waals surface area contributed by atoms with Gasteiger partial charge in [0.2, 0.25) is 0 Å². The number of aliphatic hydroxyl groups excluding tert-OH is 1. The monoisotopic (exact) mass is 346 g/mol. The minimum atomic E-state index is -1.21. The minimum Gasteiger partial charge on any atom is -0.495 e. The van der Waals surface area contributed by atoms with Crippen LogP contribution in [0.3, 0.4) is 0 Å². The van der Waals surface area contributed by atoms with Gasteiger partial charge in [-0.15, -0.1) is 0 Å². The first-order valence-electron chi connectivity index (χ1n) is 5.72. The predicted octanol–water partition coefficient (Wildman–Crippen LogP) is 1.41. The first-order chi connectivity index (χ1) is 9.47.